The van der Waals surface area contributed by atoms with E-state index >= 15 is 0 Å². The Balaban J connectivity index is 1.15. The Morgan fingerprint density at radius 3 is 2.30 bits per heavy atom. The van der Waals surface area contributed by atoms with Crippen molar-refractivity contribution in [3.63, 3.8) is 0 Å². The van der Waals surface area contributed by atoms with Gasteiger partial charge in [0.2, 0.25) is 0 Å². The number of aromatic nitrogens is 5. The van der Waals surface area contributed by atoms with Gasteiger partial charge in [-0.3, -0.25) is 14.0 Å². The van der Waals surface area contributed by atoms with Crippen molar-refractivity contribution in [1.82, 2.24) is 23.9 Å². The fourth-order valence-electron chi connectivity index (χ4n) is 7.22. The zero-order valence-electron chi connectivity index (χ0n) is 27.8. The lowest BCUT2D eigenvalue weighted by atomic mass is 9.88. The quantitative estimate of drug-likeness (QED) is 0.190. The van der Waals surface area contributed by atoms with E-state index in [-0.39, 0.29) is 5.41 Å². The summed E-state index contributed by atoms with van der Waals surface area (Å²) in [6, 6.07) is 39.1. The number of benzene rings is 4. The third kappa shape index (κ3) is 4.33. The predicted octanol–water partition coefficient (Wildman–Crippen LogP) is 11.0. The van der Waals surface area contributed by atoms with Crippen LogP contribution in [-0.2, 0) is 5.41 Å². The van der Waals surface area contributed by atoms with Gasteiger partial charge in [-0.05, 0) is 71.6 Å². The number of imidazole rings is 1. The summed E-state index contributed by atoms with van der Waals surface area (Å²) < 4.78 is 17.6. The molecule has 7 nitrogen and oxygen atoms in total. The first-order valence-electron chi connectivity index (χ1n) is 16.8. The molecule has 7 heteroatoms. The van der Waals surface area contributed by atoms with Crippen LogP contribution in [0.3, 0.4) is 0 Å². The zero-order chi connectivity index (χ0) is 33.6. The molecule has 0 saturated heterocycles. The van der Waals surface area contributed by atoms with E-state index in [1.165, 1.54) is 5.56 Å². The lowest BCUT2D eigenvalue weighted by Gasteiger charge is -2.19. The maximum absolute atomic E-state index is 6.70. The molecule has 0 unspecified atom stereocenters. The van der Waals surface area contributed by atoms with E-state index in [1.807, 2.05) is 73.2 Å². The molecule has 10 rings (SSSR count). The fraction of sp³-hybridized carbons (Fsp3) is 0.0930. The average molecular weight is 650 g/mol. The van der Waals surface area contributed by atoms with E-state index < -0.39 is 0 Å². The van der Waals surface area contributed by atoms with E-state index in [0.29, 0.717) is 17.1 Å². The molecule has 0 bridgehead atoms. The second-order valence-corrected chi connectivity index (χ2v) is 13.8. The SMILES string of the molecule is CC(C)(C)c1ccc(-n2c3ccccc3c3ccc(Oc4cc(-c5ccccn5)c5c(c4)oc4ccn6c7ccccc7nc6c45)cc32)nc1. The molecular formula is C43H31N5O2. The zero-order valence-corrected chi connectivity index (χ0v) is 27.8. The van der Waals surface area contributed by atoms with Crippen LogP contribution in [0.25, 0.3) is 77.5 Å². The molecule has 50 heavy (non-hydrogen) atoms. The molecule has 0 aliphatic heterocycles. The number of rotatable bonds is 4. The molecule has 0 atom stereocenters. The largest absolute Gasteiger partial charge is 0.457 e. The highest BCUT2D eigenvalue weighted by molar-refractivity contribution is 6.18. The second kappa shape index (κ2) is 10.5. The molecule has 0 aliphatic rings. The molecule has 10 aromatic rings. The molecular weight excluding hydrogens is 619 g/mol. The molecule has 0 saturated carbocycles. The Labute approximate surface area is 287 Å². The van der Waals surface area contributed by atoms with Gasteiger partial charge in [0.05, 0.1) is 33.1 Å². The highest BCUT2D eigenvalue weighted by Crippen LogP contribution is 2.42. The van der Waals surface area contributed by atoms with Crippen molar-refractivity contribution in [2.45, 2.75) is 26.2 Å². The summed E-state index contributed by atoms with van der Waals surface area (Å²) in [6.45, 7) is 6.61. The van der Waals surface area contributed by atoms with Crippen molar-refractivity contribution < 1.29 is 9.15 Å². The maximum atomic E-state index is 6.70. The van der Waals surface area contributed by atoms with Gasteiger partial charge in [0.25, 0.3) is 0 Å². The highest BCUT2D eigenvalue weighted by Gasteiger charge is 2.21. The van der Waals surface area contributed by atoms with Gasteiger partial charge in [-0.15, -0.1) is 0 Å². The molecule has 4 aromatic carbocycles. The number of hydrogen-bond acceptors (Lipinski definition) is 5. The minimum absolute atomic E-state index is 0.0150. The third-order valence-corrected chi connectivity index (χ3v) is 9.65. The van der Waals surface area contributed by atoms with Crippen LogP contribution in [0.5, 0.6) is 11.5 Å². The molecule has 240 valence electrons. The molecule has 6 aromatic heterocycles. The van der Waals surface area contributed by atoms with Crippen LogP contribution in [0.2, 0.25) is 0 Å². The monoisotopic (exact) mass is 649 g/mol. The number of hydrogen-bond donors (Lipinski definition) is 0. The number of ether oxygens (including phenoxy) is 1. The summed E-state index contributed by atoms with van der Waals surface area (Å²) in [4.78, 5) is 14.7. The molecule has 0 amide bonds. The smallest absolute Gasteiger partial charge is 0.149 e. The lowest BCUT2D eigenvalue weighted by molar-refractivity contribution is 0.483. The van der Waals surface area contributed by atoms with Crippen molar-refractivity contribution >= 4 is 60.4 Å². The van der Waals surface area contributed by atoms with Gasteiger partial charge in [-0.2, -0.15) is 0 Å². The summed E-state index contributed by atoms with van der Waals surface area (Å²) in [7, 11) is 0. The number of nitrogens with zero attached hydrogens (tertiary/aromatic N) is 5. The van der Waals surface area contributed by atoms with E-state index in [9.17, 15) is 0 Å². The average Bonchev–Trinajstić information content (AvgIpc) is 3.80. The molecule has 0 N–H and O–H groups in total. The molecule has 6 heterocycles. The van der Waals surface area contributed by atoms with Gasteiger partial charge in [0.15, 0.2) is 0 Å². The number of fused-ring (bicyclic) bond motifs is 10. The van der Waals surface area contributed by atoms with Gasteiger partial charge >= 0.3 is 0 Å². The number of furan rings is 1. The molecule has 0 aliphatic carbocycles. The Kier molecular flexibility index (Phi) is 6.00. The van der Waals surface area contributed by atoms with Crippen LogP contribution in [-0.4, -0.2) is 23.9 Å². The first kappa shape index (κ1) is 28.5. The summed E-state index contributed by atoms with van der Waals surface area (Å²) in [5.41, 5.74) is 9.34. The minimum atomic E-state index is 0.0150. The van der Waals surface area contributed by atoms with E-state index in [1.54, 1.807) is 0 Å². The van der Waals surface area contributed by atoms with Crippen LogP contribution in [0.1, 0.15) is 26.3 Å². The van der Waals surface area contributed by atoms with Gasteiger partial charge < -0.3 is 9.15 Å². The standard InChI is InChI=1S/C43H31N5O2/c1-43(2,3)26-15-18-39(45-25-26)48-34-13-6-4-10-29(34)30-17-16-27(23-36(30)48)49-28-22-31(32-11-8-9-20-44-32)40-38(24-28)50-37-19-21-47-35-14-7-5-12-33(35)46-42(47)41(37)40/h4-25H,1-3H3. The topological polar surface area (TPSA) is 70.4 Å². The van der Waals surface area contributed by atoms with Gasteiger partial charge in [0, 0.05) is 52.4 Å². The Morgan fingerprint density at radius 2 is 1.48 bits per heavy atom. The summed E-state index contributed by atoms with van der Waals surface area (Å²) in [5, 5.41) is 4.19. The van der Waals surface area contributed by atoms with Crippen LogP contribution in [0, 0.1) is 0 Å². The maximum Gasteiger partial charge on any atom is 0.149 e. The van der Waals surface area contributed by atoms with E-state index in [0.717, 1.165) is 71.9 Å². The summed E-state index contributed by atoms with van der Waals surface area (Å²) in [5.74, 6) is 2.22. The van der Waals surface area contributed by atoms with E-state index in [2.05, 4.69) is 90.4 Å². The van der Waals surface area contributed by atoms with Crippen molar-refractivity contribution in [2.24, 2.45) is 0 Å². The molecule has 0 spiro atoms. The third-order valence-electron chi connectivity index (χ3n) is 9.65. The Hall–Kier alpha value is -6.47. The second-order valence-electron chi connectivity index (χ2n) is 13.8. The number of para-hydroxylation sites is 3. The normalized spacial score (nSPS) is 12.3. The van der Waals surface area contributed by atoms with Crippen molar-refractivity contribution in [2.75, 3.05) is 0 Å². The number of pyridine rings is 3. The summed E-state index contributed by atoms with van der Waals surface area (Å²) >= 11 is 0. The van der Waals surface area contributed by atoms with Crippen LogP contribution in [0.15, 0.2) is 138 Å². The summed E-state index contributed by atoms with van der Waals surface area (Å²) in [6.07, 6.45) is 5.82. The Bertz CT molecular complexity index is 2930. The van der Waals surface area contributed by atoms with Crippen molar-refractivity contribution in [3.8, 4) is 28.6 Å². The molecule has 0 fully saturated rings. The van der Waals surface area contributed by atoms with Crippen molar-refractivity contribution in [3.05, 3.63) is 139 Å². The van der Waals surface area contributed by atoms with Gasteiger partial charge in [0.1, 0.15) is 34.1 Å². The fourth-order valence-corrected chi connectivity index (χ4v) is 7.22. The predicted molar refractivity (Wildman–Crippen MR) is 201 cm³/mol. The minimum Gasteiger partial charge on any atom is -0.457 e. The lowest BCUT2D eigenvalue weighted by Crippen LogP contribution is -2.11. The van der Waals surface area contributed by atoms with Gasteiger partial charge in [-0.25, -0.2) is 9.97 Å². The van der Waals surface area contributed by atoms with Crippen LogP contribution >= 0.6 is 0 Å². The first-order chi connectivity index (χ1) is 24.4. The van der Waals surface area contributed by atoms with Crippen LogP contribution < -0.4 is 4.74 Å². The Morgan fingerprint density at radius 1 is 0.660 bits per heavy atom. The first-order valence-corrected chi connectivity index (χ1v) is 16.8. The van der Waals surface area contributed by atoms with Gasteiger partial charge in [-0.1, -0.05) is 63.2 Å². The molecule has 0 radical (unpaired) electrons. The van der Waals surface area contributed by atoms with Crippen molar-refractivity contribution in [1.29, 1.82) is 0 Å². The van der Waals surface area contributed by atoms with Crippen LogP contribution in [0.4, 0.5) is 0 Å². The highest BCUT2D eigenvalue weighted by atomic mass is 16.5. The van der Waals surface area contributed by atoms with E-state index in [4.69, 9.17) is 24.1 Å².